The highest BCUT2D eigenvalue weighted by molar-refractivity contribution is 5.96. The summed E-state index contributed by atoms with van der Waals surface area (Å²) in [4.78, 5) is 21.9. The van der Waals surface area contributed by atoms with Crippen LogP contribution >= 0.6 is 0 Å². The average molecular weight is 415 g/mol. The molecule has 7 nitrogen and oxygen atoms in total. The van der Waals surface area contributed by atoms with Crippen LogP contribution in [0.15, 0.2) is 41.7 Å². The number of nitrogens with zero attached hydrogens (tertiary/aromatic N) is 4. The lowest BCUT2D eigenvalue weighted by atomic mass is 10.1. The molecule has 1 aromatic carbocycles. The van der Waals surface area contributed by atoms with E-state index in [1.54, 1.807) is 11.8 Å². The number of hydrogen-bond donors (Lipinski definition) is 1. The number of hydrogen-bond acceptors (Lipinski definition) is 6. The summed E-state index contributed by atoms with van der Waals surface area (Å²) < 4.78 is 7.55. The van der Waals surface area contributed by atoms with E-state index in [0.29, 0.717) is 12.8 Å². The van der Waals surface area contributed by atoms with Gasteiger partial charge in [-0.1, -0.05) is 12.1 Å². The van der Waals surface area contributed by atoms with Gasteiger partial charge in [0.2, 0.25) is 0 Å². The fraction of sp³-hybridized carbons (Fsp3) is 0.333. The molecule has 31 heavy (non-hydrogen) atoms. The third-order valence-corrected chi connectivity index (χ3v) is 5.74. The van der Waals surface area contributed by atoms with Gasteiger partial charge in [0, 0.05) is 48.8 Å². The second kappa shape index (κ2) is 7.65. The minimum atomic E-state index is 0.223. The van der Waals surface area contributed by atoms with E-state index in [0.717, 1.165) is 63.9 Å². The lowest BCUT2D eigenvalue weighted by molar-refractivity contribution is -0.119. The molecule has 0 bridgehead atoms. The molecule has 0 saturated heterocycles. The van der Waals surface area contributed by atoms with Gasteiger partial charge in [0.25, 0.3) is 0 Å². The third-order valence-electron chi connectivity index (χ3n) is 5.74. The summed E-state index contributed by atoms with van der Waals surface area (Å²) in [5, 5.41) is 7.79. The number of para-hydroxylation sites is 1. The molecule has 1 aliphatic heterocycles. The molecule has 7 heteroatoms. The van der Waals surface area contributed by atoms with E-state index >= 15 is 0 Å². The van der Waals surface area contributed by atoms with Crippen LogP contribution in [0.1, 0.15) is 31.2 Å². The second-order valence-corrected chi connectivity index (χ2v) is 8.31. The summed E-state index contributed by atoms with van der Waals surface area (Å²) in [6.45, 7) is 2.00. The van der Waals surface area contributed by atoms with Crippen molar-refractivity contribution in [1.82, 2.24) is 14.8 Å². The van der Waals surface area contributed by atoms with Crippen LogP contribution in [0.5, 0.6) is 5.75 Å². The van der Waals surface area contributed by atoms with Crippen molar-refractivity contribution in [3.05, 3.63) is 48.0 Å². The molecule has 0 radical (unpaired) electrons. The SMILES string of the molecule is COc1c(Nc2cc(CC(=O)C3CC3)nc3c2N=C(C)C3)cccc1-c1cnn(C)c1. The Morgan fingerprint density at radius 3 is 2.84 bits per heavy atom. The molecule has 1 saturated carbocycles. The number of nitrogens with one attached hydrogen (secondary N) is 1. The van der Waals surface area contributed by atoms with E-state index in [1.807, 2.05) is 50.6 Å². The predicted molar refractivity (Wildman–Crippen MR) is 121 cm³/mol. The number of aliphatic imine (C=N–C) groups is 1. The van der Waals surface area contributed by atoms with Crippen molar-refractivity contribution in [3.63, 3.8) is 0 Å². The largest absolute Gasteiger partial charge is 0.494 e. The lowest BCUT2D eigenvalue weighted by Crippen LogP contribution is -2.08. The monoisotopic (exact) mass is 415 g/mol. The summed E-state index contributed by atoms with van der Waals surface area (Å²) in [5.74, 6) is 1.24. The first-order valence-electron chi connectivity index (χ1n) is 10.5. The molecule has 0 atom stereocenters. The van der Waals surface area contributed by atoms with Crippen molar-refractivity contribution in [2.75, 3.05) is 12.4 Å². The maximum atomic E-state index is 12.4. The summed E-state index contributed by atoms with van der Waals surface area (Å²) in [5.41, 5.74) is 7.19. The zero-order valence-corrected chi connectivity index (χ0v) is 18.0. The molecule has 1 aliphatic carbocycles. The number of ether oxygens (including phenoxy) is 1. The summed E-state index contributed by atoms with van der Waals surface area (Å²) in [7, 11) is 3.56. The molecule has 3 aromatic rings. The van der Waals surface area contributed by atoms with Gasteiger partial charge in [0.1, 0.15) is 17.2 Å². The van der Waals surface area contributed by atoms with Gasteiger partial charge in [-0.05, 0) is 31.9 Å². The zero-order chi connectivity index (χ0) is 21.5. The number of aromatic nitrogens is 3. The Morgan fingerprint density at radius 1 is 1.29 bits per heavy atom. The minimum absolute atomic E-state index is 0.223. The highest BCUT2D eigenvalue weighted by atomic mass is 16.5. The highest BCUT2D eigenvalue weighted by Gasteiger charge is 2.30. The normalized spacial score (nSPS) is 14.9. The van der Waals surface area contributed by atoms with E-state index in [1.165, 1.54) is 0 Å². The van der Waals surface area contributed by atoms with Gasteiger partial charge in [0.05, 0.1) is 36.1 Å². The van der Waals surface area contributed by atoms with Crippen LogP contribution in [0.3, 0.4) is 0 Å². The van der Waals surface area contributed by atoms with Crippen LogP contribution < -0.4 is 10.1 Å². The Labute approximate surface area is 181 Å². The molecular weight excluding hydrogens is 390 g/mol. The van der Waals surface area contributed by atoms with Crippen LogP contribution in [-0.2, 0) is 24.7 Å². The summed E-state index contributed by atoms with van der Waals surface area (Å²) >= 11 is 0. The molecule has 2 aliphatic rings. The molecule has 0 amide bonds. The number of ketones is 1. The Hall–Kier alpha value is -3.48. The van der Waals surface area contributed by atoms with Gasteiger partial charge < -0.3 is 10.1 Å². The Morgan fingerprint density at radius 2 is 2.13 bits per heavy atom. The van der Waals surface area contributed by atoms with E-state index in [4.69, 9.17) is 14.7 Å². The molecular formula is C24H25N5O2. The molecule has 2 aromatic heterocycles. The number of pyridine rings is 1. The minimum Gasteiger partial charge on any atom is -0.494 e. The third kappa shape index (κ3) is 3.83. The predicted octanol–water partition coefficient (Wildman–Crippen LogP) is 4.40. The first-order chi connectivity index (χ1) is 15.0. The van der Waals surface area contributed by atoms with Crippen LogP contribution in [0.25, 0.3) is 11.1 Å². The number of fused-ring (bicyclic) bond motifs is 1. The van der Waals surface area contributed by atoms with E-state index in [-0.39, 0.29) is 11.7 Å². The van der Waals surface area contributed by atoms with E-state index < -0.39 is 0 Å². The number of aryl methyl sites for hydroxylation is 1. The Bertz CT molecular complexity index is 1210. The number of anilines is 2. The maximum Gasteiger partial charge on any atom is 0.150 e. The summed E-state index contributed by atoms with van der Waals surface area (Å²) in [6.07, 6.45) is 6.88. The van der Waals surface area contributed by atoms with Gasteiger partial charge in [-0.3, -0.25) is 19.5 Å². The number of methoxy groups -OCH3 is 1. The Kier molecular flexibility index (Phi) is 4.81. The number of carbonyl (C=O) groups is 1. The molecule has 0 unspecified atom stereocenters. The van der Waals surface area contributed by atoms with Crippen molar-refractivity contribution < 1.29 is 9.53 Å². The smallest absolute Gasteiger partial charge is 0.150 e. The lowest BCUT2D eigenvalue weighted by Gasteiger charge is -2.16. The van der Waals surface area contributed by atoms with Crippen LogP contribution in [0, 0.1) is 5.92 Å². The van der Waals surface area contributed by atoms with Crippen molar-refractivity contribution in [1.29, 1.82) is 0 Å². The number of benzene rings is 1. The molecule has 1 fully saturated rings. The van der Waals surface area contributed by atoms with Crippen LogP contribution in [-0.4, -0.2) is 33.4 Å². The van der Waals surface area contributed by atoms with Gasteiger partial charge in [-0.15, -0.1) is 0 Å². The molecule has 5 rings (SSSR count). The van der Waals surface area contributed by atoms with E-state index in [9.17, 15) is 4.79 Å². The van der Waals surface area contributed by atoms with Crippen molar-refractivity contribution in [3.8, 4) is 16.9 Å². The zero-order valence-electron chi connectivity index (χ0n) is 18.0. The maximum absolute atomic E-state index is 12.4. The van der Waals surface area contributed by atoms with Crippen molar-refractivity contribution in [2.45, 2.75) is 32.6 Å². The highest BCUT2D eigenvalue weighted by Crippen LogP contribution is 2.41. The molecule has 0 spiro atoms. The fourth-order valence-electron chi connectivity index (χ4n) is 4.07. The number of carbonyl (C=O) groups excluding carboxylic acids is 1. The average Bonchev–Trinajstić information content (AvgIpc) is 3.40. The van der Waals surface area contributed by atoms with E-state index in [2.05, 4.69) is 10.4 Å². The molecule has 158 valence electrons. The van der Waals surface area contributed by atoms with Gasteiger partial charge in [-0.25, -0.2) is 0 Å². The number of Topliss-reactive ketones (excluding diaryl/α,β-unsaturated/α-hetero) is 1. The summed E-state index contributed by atoms with van der Waals surface area (Å²) in [6, 6.07) is 7.93. The van der Waals surface area contributed by atoms with Gasteiger partial charge in [0.15, 0.2) is 0 Å². The van der Waals surface area contributed by atoms with Crippen molar-refractivity contribution in [2.24, 2.45) is 18.0 Å². The van der Waals surface area contributed by atoms with Crippen LogP contribution in [0.2, 0.25) is 0 Å². The van der Waals surface area contributed by atoms with Crippen LogP contribution in [0.4, 0.5) is 17.1 Å². The topological polar surface area (TPSA) is 81.4 Å². The van der Waals surface area contributed by atoms with Gasteiger partial charge in [-0.2, -0.15) is 5.10 Å². The van der Waals surface area contributed by atoms with Gasteiger partial charge >= 0.3 is 0 Å². The van der Waals surface area contributed by atoms with Crippen molar-refractivity contribution >= 4 is 28.6 Å². The first kappa shape index (κ1) is 19.5. The molecule has 1 N–H and O–H groups in total. The first-order valence-corrected chi connectivity index (χ1v) is 10.5. The standard InChI is InChI=1S/C24H25N5O2/c1-14-9-20-23(26-14)21(10-17(27-20)11-22(30)15-7-8-15)28-19-6-4-5-18(24(19)31-3)16-12-25-29(2)13-16/h4-6,10,12-13,15H,7-9,11H2,1-3H3,(H,27,28). The fourth-order valence-corrected chi connectivity index (χ4v) is 4.07. The Balaban J connectivity index is 1.53. The second-order valence-electron chi connectivity index (χ2n) is 8.31. The molecule has 3 heterocycles. The number of rotatable bonds is 7. The quantitative estimate of drug-likeness (QED) is 0.618.